The minimum Gasteiger partial charge on any atom is -0.343 e. The maximum Gasteiger partial charge on any atom is 0.213 e. The number of hydrogen-bond donors (Lipinski definition) is 1. The molecule has 4 heteroatoms. The molecule has 80 valence electrons. The summed E-state index contributed by atoms with van der Waals surface area (Å²) in [5, 5.41) is 7.15. The van der Waals surface area contributed by atoms with E-state index in [1.165, 1.54) is 19.2 Å². The van der Waals surface area contributed by atoms with Gasteiger partial charge in [0.1, 0.15) is 0 Å². The molecule has 0 aliphatic heterocycles. The van der Waals surface area contributed by atoms with E-state index in [9.17, 15) is 0 Å². The largest absolute Gasteiger partial charge is 0.343 e. The summed E-state index contributed by atoms with van der Waals surface area (Å²) < 4.78 is 4.65. The normalized spacial score (nSPS) is 11.1. The Morgan fingerprint density at radius 1 is 1.43 bits per heavy atom. The van der Waals surface area contributed by atoms with Gasteiger partial charge in [-0.25, -0.2) is 0 Å². The van der Waals surface area contributed by atoms with E-state index >= 15 is 0 Å². The predicted octanol–water partition coefficient (Wildman–Crippen LogP) is 1.64. The molecule has 1 rings (SSSR count). The summed E-state index contributed by atoms with van der Waals surface area (Å²) in [6, 6.07) is 0. The van der Waals surface area contributed by atoms with Crippen molar-refractivity contribution in [1.82, 2.24) is 15.5 Å². The topological polar surface area (TPSA) is 51.0 Å². The molecule has 0 radical (unpaired) electrons. The van der Waals surface area contributed by atoms with Crippen molar-refractivity contribution in [1.29, 1.82) is 0 Å². The van der Waals surface area contributed by atoms with Crippen LogP contribution in [0.25, 0.3) is 0 Å². The second kappa shape index (κ2) is 6.54. The Morgan fingerprint density at radius 2 is 2.21 bits per heavy atom. The third kappa shape index (κ3) is 3.87. The van der Waals surface area contributed by atoms with E-state index in [-0.39, 0.29) is 0 Å². The maximum atomic E-state index is 4.65. The van der Waals surface area contributed by atoms with Crippen LogP contribution in [0.4, 0.5) is 0 Å². The van der Waals surface area contributed by atoms with Gasteiger partial charge < -0.3 is 9.84 Å². The zero-order chi connectivity index (χ0) is 10.2. The van der Waals surface area contributed by atoms with Gasteiger partial charge in [0.2, 0.25) is 6.39 Å². The van der Waals surface area contributed by atoms with Crippen LogP contribution >= 0.6 is 0 Å². The van der Waals surface area contributed by atoms with Gasteiger partial charge in [-0.05, 0) is 12.5 Å². The lowest BCUT2D eigenvalue weighted by molar-refractivity contribution is 0.407. The van der Waals surface area contributed by atoms with Crippen LogP contribution < -0.4 is 5.32 Å². The fourth-order valence-electron chi connectivity index (χ4n) is 1.39. The third-order valence-corrected chi connectivity index (χ3v) is 2.52. The Labute approximate surface area is 85.1 Å². The van der Waals surface area contributed by atoms with Crippen molar-refractivity contribution in [2.24, 2.45) is 5.92 Å². The van der Waals surface area contributed by atoms with E-state index in [1.807, 2.05) is 0 Å². The SMILES string of the molecule is CCC(CC)CNCCc1ncon1. The Bertz CT molecular complexity index is 219. The summed E-state index contributed by atoms with van der Waals surface area (Å²) in [7, 11) is 0. The molecule has 0 aromatic carbocycles. The molecule has 1 heterocycles. The molecule has 4 nitrogen and oxygen atoms in total. The molecule has 1 N–H and O–H groups in total. The molecule has 1 aromatic rings. The quantitative estimate of drug-likeness (QED) is 0.675. The van der Waals surface area contributed by atoms with E-state index in [1.54, 1.807) is 0 Å². The van der Waals surface area contributed by atoms with Gasteiger partial charge in [-0.1, -0.05) is 31.8 Å². The van der Waals surface area contributed by atoms with Crippen LogP contribution in [-0.2, 0) is 6.42 Å². The second-order valence-corrected chi connectivity index (χ2v) is 3.48. The number of nitrogens with zero attached hydrogens (tertiary/aromatic N) is 2. The van der Waals surface area contributed by atoms with Crippen LogP contribution in [0.3, 0.4) is 0 Å². The van der Waals surface area contributed by atoms with Crippen LogP contribution in [0.15, 0.2) is 10.9 Å². The molecule has 0 aliphatic carbocycles. The molecule has 0 aliphatic rings. The fraction of sp³-hybridized carbons (Fsp3) is 0.800. The predicted molar refractivity (Wildman–Crippen MR) is 54.9 cm³/mol. The van der Waals surface area contributed by atoms with Gasteiger partial charge in [0, 0.05) is 13.0 Å². The Morgan fingerprint density at radius 3 is 2.79 bits per heavy atom. The molecule has 0 amide bonds. The van der Waals surface area contributed by atoms with E-state index in [0.717, 1.165) is 31.3 Å². The molecule has 0 fully saturated rings. The molecular weight excluding hydrogens is 178 g/mol. The zero-order valence-corrected chi connectivity index (χ0v) is 8.99. The van der Waals surface area contributed by atoms with Gasteiger partial charge >= 0.3 is 0 Å². The first-order chi connectivity index (χ1) is 6.86. The van der Waals surface area contributed by atoms with Crippen LogP contribution in [0, 0.1) is 5.92 Å². The molecule has 0 saturated heterocycles. The first-order valence-electron chi connectivity index (χ1n) is 5.32. The third-order valence-electron chi connectivity index (χ3n) is 2.52. The second-order valence-electron chi connectivity index (χ2n) is 3.48. The summed E-state index contributed by atoms with van der Waals surface area (Å²) in [6.45, 7) is 6.48. The number of nitrogens with one attached hydrogen (secondary N) is 1. The highest BCUT2D eigenvalue weighted by atomic mass is 16.5. The molecule has 0 spiro atoms. The molecular formula is C10H19N3O. The lowest BCUT2D eigenvalue weighted by atomic mass is 10.0. The maximum absolute atomic E-state index is 4.65. The van der Waals surface area contributed by atoms with E-state index in [0.29, 0.717) is 0 Å². The van der Waals surface area contributed by atoms with Gasteiger partial charge in [0.15, 0.2) is 5.82 Å². The van der Waals surface area contributed by atoms with Crippen molar-refractivity contribution >= 4 is 0 Å². The number of hydrogen-bond acceptors (Lipinski definition) is 4. The highest BCUT2D eigenvalue weighted by Gasteiger charge is 2.02. The lowest BCUT2D eigenvalue weighted by Gasteiger charge is -2.12. The van der Waals surface area contributed by atoms with Crippen molar-refractivity contribution in [3.05, 3.63) is 12.2 Å². The van der Waals surface area contributed by atoms with Gasteiger partial charge in [-0.15, -0.1) is 0 Å². The minimum atomic E-state index is 0.780. The monoisotopic (exact) mass is 197 g/mol. The van der Waals surface area contributed by atoms with Crippen molar-refractivity contribution < 1.29 is 4.52 Å². The van der Waals surface area contributed by atoms with Crippen molar-refractivity contribution in [2.45, 2.75) is 33.1 Å². The highest BCUT2D eigenvalue weighted by Crippen LogP contribution is 2.04. The average molecular weight is 197 g/mol. The summed E-state index contributed by atoms with van der Waals surface area (Å²) in [4.78, 5) is 3.96. The van der Waals surface area contributed by atoms with E-state index < -0.39 is 0 Å². The standard InChI is InChI=1S/C10H19N3O/c1-3-9(4-2)7-11-6-5-10-12-8-14-13-10/h8-9,11H,3-7H2,1-2H3. The van der Waals surface area contributed by atoms with Crippen LogP contribution in [0.2, 0.25) is 0 Å². The highest BCUT2D eigenvalue weighted by molar-refractivity contribution is 4.78. The Balaban J connectivity index is 2.04. The van der Waals surface area contributed by atoms with Gasteiger partial charge in [-0.3, -0.25) is 0 Å². The summed E-state index contributed by atoms with van der Waals surface area (Å²) >= 11 is 0. The molecule has 0 saturated carbocycles. The first kappa shape index (κ1) is 11.2. The van der Waals surface area contributed by atoms with Crippen molar-refractivity contribution in [3.8, 4) is 0 Å². The Kier molecular flexibility index (Phi) is 5.22. The van der Waals surface area contributed by atoms with Crippen molar-refractivity contribution in [2.75, 3.05) is 13.1 Å². The number of aromatic nitrogens is 2. The van der Waals surface area contributed by atoms with Crippen LogP contribution in [-0.4, -0.2) is 23.2 Å². The van der Waals surface area contributed by atoms with E-state index in [4.69, 9.17) is 0 Å². The minimum absolute atomic E-state index is 0.780. The molecule has 14 heavy (non-hydrogen) atoms. The van der Waals surface area contributed by atoms with Crippen molar-refractivity contribution in [3.63, 3.8) is 0 Å². The molecule has 0 bridgehead atoms. The van der Waals surface area contributed by atoms with E-state index in [2.05, 4.69) is 33.8 Å². The molecule has 0 atom stereocenters. The molecule has 0 unspecified atom stereocenters. The number of rotatable bonds is 7. The smallest absolute Gasteiger partial charge is 0.213 e. The lowest BCUT2D eigenvalue weighted by Crippen LogP contribution is -2.24. The average Bonchev–Trinajstić information content (AvgIpc) is 2.71. The van der Waals surface area contributed by atoms with Crippen LogP contribution in [0.1, 0.15) is 32.5 Å². The first-order valence-corrected chi connectivity index (χ1v) is 5.32. The van der Waals surface area contributed by atoms with Gasteiger partial charge in [0.05, 0.1) is 0 Å². The summed E-state index contributed by atoms with van der Waals surface area (Å²) in [6.07, 6.45) is 4.70. The molecule has 1 aromatic heterocycles. The summed E-state index contributed by atoms with van der Waals surface area (Å²) in [5.74, 6) is 1.57. The van der Waals surface area contributed by atoms with Gasteiger partial charge in [0.25, 0.3) is 0 Å². The zero-order valence-electron chi connectivity index (χ0n) is 8.99. The summed E-state index contributed by atoms with van der Waals surface area (Å²) in [5.41, 5.74) is 0. The fourth-order valence-corrected chi connectivity index (χ4v) is 1.39. The Hall–Kier alpha value is -0.900. The van der Waals surface area contributed by atoms with Gasteiger partial charge in [-0.2, -0.15) is 4.98 Å². The van der Waals surface area contributed by atoms with Crippen LogP contribution in [0.5, 0.6) is 0 Å².